The number of halogens is 1. The predicted octanol–water partition coefficient (Wildman–Crippen LogP) is 2.01. The summed E-state index contributed by atoms with van der Waals surface area (Å²) in [5, 5.41) is 6.82. The maximum absolute atomic E-state index is 11.8. The molecule has 2 rings (SSSR count). The van der Waals surface area contributed by atoms with Gasteiger partial charge in [-0.3, -0.25) is 4.79 Å². The summed E-state index contributed by atoms with van der Waals surface area (Å²) in [6.45, 7) is 2.88. The molecule has 0 aromatic heterocycles. The van der Waals surface area contributed by atoms with Crippen LogP contribution in [-0.4, -0.2) is 75.1 Å². The fraction of sp³-hybridized carbons (Fsp3) is 0.556. The van der Waals surface area contributed by atoms with Gasteiger partial charge in [-0.05, 0) is 40.7 Å². The topological polar surface area (TPSA) is 60.0 Å². The van der Waals surface area contributed by atoms with E-state index in [0.717, 1.165) is 36.3 Å². The maximum Gasteiger partial charge on any atom is 0.243 e. The van der Waals surface area contributed by atoms with Gasteiger partial charge in [0.2, 0.25) is 5.91 Å². The molecule has 0 bridgehead atoms. The van der Waals surface area contributed by atoms with Gasteiger partial charge < -0.3 is 20.4 Å². The van der Waals surface area contributed by atoms with E-state index in [2.05, 4.69) is 60.9 Å². The summed E-state index contributed by atoms with van der Waals surface area (Å²) in [7, 11) is 3.50. The van der Waals surface area contributed by atoms with Gasteiger partial charge in [-0.1, -0.05) is 12.1 Å². The van der Waals surface area contributed by atoms with Gasteiger partial charge >= 0.3 is 0 Å². The first kappa shape index (κ1) is 20.9. The molecular weight excluding hydrogens is 414 g/mol. The number of thioether (sulfide) groups is 1. The second-order valence-corrected chi connectivity index (χ2v) is 8.24. The van der Waals surface area contributed by atoms with Crippen LogP contribution in [0.1, 0.15) is 6.42 Å². The van der Waals surface area contributed by atoms with Crippen molar-refractivity contribution >= 4 is 45.2 Å². The van der Waals surface area contributed by atoms with Crippen molar-refractivity contribution in [2.45, 2.75) is 12.5 Å². The van der Waals surface area contributed by atoms with Gasteiger partial charge in [-0.15, -0.1) is 0 Å². The third-order valence-corrected chi connectivity index (χ3v) is 5.48. The van der Waals surface area contributed by atoms with Gasteiger partial charge in [0.1, 0.15) is 6.54 Å². The number of likely N-dealkylation sites (N-methyl/N-ethyl adjacent to an activating group) is 1. The first-order valence-electron chi connectivity index (χ1n) is 8.74. The van der Waals surface area contributed by atoms with Gasteiger partial charge in [0.15, 0.2) is 5.96 Å². The number of hydrogen-bond donors (Lipinski definition) is 2. The number of anilines is 1. The van der Waals surface area contributed by atoms with Crippen LogP contribution >= 0.6 is 27.7 Å². The van der Waals surface area contributed by atoms with Crippen LogP contribution in [0.15, 0.2) is 33.7 Å². The molecule has 6 nitrogen and oxygen atoms in total. The minimum absolute atomic E-state index is 0.00256. The summed E-state index contributed by atoms with van der Waals surface area (Å²) >= 11 is 5.41. The predicted molar refractivity (Wildman–Crippen MR) is 115 cm³/mol. The Labute approximate surface area is 168 Å². The lowest BCUT2D eigenvalue weighted by molar-refractivity contribution is -0.127. The largest absolute Gasteiger partial charge is 0.368 e. The van der Waals surface area contributed by atoms with Gasteiger partial charge in [0.25, 0.3) is 0 Å². The van der Waals surface area contributed by atoms with E-state index in [4.69, 9.17) is 0 Å². The van der Waals surface area contributed by atoms with Gasteiger partial charge in [-0.25, -0.2) is 4.99 Å². The van der Waals surface area contributed by atoms with Crippen molar-refractivity contribution in [3.05, 3.63) is 28.7 Å². The zero-order valence-corrected chi connectivity index (χ0v) is 18.1. The standard InChI is InChI=1S/C18H28BrN5OS/c1-23(2)17(25)12-21-18(20-9-11-26-3)22-14-8-10-24(13-14)16-7-5-4-6-15(16)19/h4-7,14H,8-13H2,1-3H3,(H2,20,21,22). The molecule has 1 heterocycles. The Kier molecular flexibility index (Phi) is 8.58. The highest BCUT2D eigenvalue weighted by molar-refractivity contribution is 9.10. The van der Waals surface area contributed by atoms with E-state index in [9.17, 15) is 4.79 Å². The average Bonchev–Trinajstić information content (AvgIpc) is 3.08. The molecule has 1 atom stereocenters. The lowest BCUT2D eigenvalue weighted by Gasteiger charge is -2.21. The first-order chi connectivity index (χ1) is 12.5. The Bertz CT molecular complexity index is 625. The lowest BCUT2D eigenvalue weighted by atomic mass is 10.3. The van der Waals surface area contributed by atoms with Crippen molar-refractivity contribution < 1.29 is 4.79 Å². The Morgan fingerprint density at radius 3 is 2.88 bits per heavy atom. The van der Waals surface area contributed by atoms with Crippen LogP contribution in [0.4, 0.5) is 5.69 Å². The van der Waals surface area contributed by atoms with E-state index < -0.39 is 0 Å². The highest BCUT2D eigenvalue weighted by atomic mass is 79.9. The van der Waals surface area contributed by atoms with E-state index in [1.807, 2.05) is 6.07 Å². The Morgan fingerprint density at radius 1 is 1.42 bits per heavy atom. The van der Waals surface area contributed by atoms with E-state index >= 15 is 0 Å². The van der Waals surface area contributed by atoms with Crippen molar-refractivity contribution in [1.82, 2.24) is 15.5 Å². The quantitative estimate of drug-likeness (QED) is 0.385. The SMILES string of the molecule is CSCCNC(=NCC(=O)N(C)C)NC1CCN(c2ccccc2Br)C1. The zero-order valence-electron chi connectivity index (χ0n) is 15.7. The summed E-state index contributed by atoms with van der Waals surface area (Å²) in [6.07, 6.45) is 3.11. The number of amides is 1. The second kappa shape index (κ2) is 10.7. The van der Waals surface area contributed by atoms with Crippen LogP contribution in [-0.2, 0) is 4.79 Å². The zero-order chi connectivity index (χ0) is 18.9. The average molecular weight is 442 g/mol. The molecule has 1 amide bonds. The molecular formula is C18H28BrN5OS. The first-order valence-corrected chi connectivity index (χ1v) is 10.9. The van der Waals surface area contributed by atoms with Crippen molar-refractivity contribution in [2.24, 2.45) is 4.99 Å². The fourth-order valence-corrected chi connectivity index (χ4v) is 3.55. The molecule has 144 valence electrons. The molecule has 26 heavy (non-hydrogen) atoms. The number of nitrogens with zero attached hydrogens (tertiary/aromatic N) is 3. The number of benzene rings is 1. The Morgan fingerprint density at radius 2 is 2.19 bits per heavy atom. The van der Waals surface area contributed by atoms with Crippen molar-refractivity contribution in [2.75, 3.05) is 57.2 Å². The molecule has 1 saturated heterocycles. The molecule has 1 unspecified atom stereocenters. The molecule has 2 N–H and O–H groups in total. The number of hydrogen-bond acceptors (Lipinski definition) is 4. The second-order valence-electron chi connectivity index (χ2n) is 6.40. The molecule has 1 fully saturated rings. The van der Waals surface area contributed by atoms with Crippen LogP contribution in [0.5, 0.6) is 0 Å². The Balaban J connectivity index is 1.95. The fourth-order valence-electron chi connectivity index (χ4n) is 2.71. The van der Waals surface area contributed by atoms with Crippen LogP contribution in [0.3, 0.4) is 0 Å². The number of carbonyl (C=O) groups excluding carboxylic acids is 1. The molecule has 8 heteroatoms. The number of rotatable bonds is 7. The third kappa shape index (κ3) is 6.39. The molecule has 0 aliphatic carbocycles. The number of nitrogens with one attached hydrogen (secondary N) is 2. The van der Waals surface area contributed by atoms with Crippen molar-refractivity contribution in [3.8, 4) is 0 Å². The number of guanidine groups is 1. The normalized spacial score (nSPS) is 17.3. The van der Waals surface area contributed by atoms with E-state index in [0.29, 0.717) is 12.0 Å². The molecule has 1 aliphatic rings. The smallest absolute Gasteiger partial charge is 0.243 e. The summed E-state index contributed by atoms with van der Waals surface area (Å²) in [5.74, 6) is 1.71. The summed E-state index contributed by atoms with van der Waals surface area (Å²) in [4.78, 5) is 20.2. The van der Waals surface area contributed by atoms with E-state index in [1.54, 1.807) is 30.8 Å². The number of carbonyl (C=O) groups is 1. The highest BCUT2D eigenvalue weighted by Crippen LogP contribution is 2.28. The highest BCUT2D eigenvalue weighted by Gasteiger charge is 2.24. The molecule has 1 aromatic carbocycles. The van der Waals surface area contributed by atoms with Crippen LogP contribution < -0.4 is 15.5 Å². The summed E-state index contributed by atoms with van der Waals surface area (Å²) in [5.41, 5.74) is 1.22. The monoisotopic (exact) mass is 441 g/mol. The summed E-state index contributed by atoms with van der Waals surface area (Å²) < 4.78 is 1.12. The summed E-state index contributed by atoms with van der Waals surface area (Å²) in [6, 6.07) is 8.59. The third-order valence-electron chi connectivity index (χ3n) is 4.19. The molecule has 0 radical (unpaired) electrons. The minimum atomic E-state index is -0.00256. The Hall–Kier alpha value is -1.41. The van der Waals surface area contributed by atoms with E-state index in [1.165, 1.54) is 5.69 Å². The van der Waals surface area contributed by atoms with Crippen LogP contribution in [0.2, 0.25) is 0 Å². The van der Waals surface area contributed by atoms with Gasteiger partial charge in [-0.2, -0.15) is 11.8 Å². The van der Waals surface area contributed by atoms with Crippen LogP contribution in [0.25, 0.3) is 0 Å². The number of para-hydroxylation sites is 1. The molecule has 0 saturated carbocycles. The van der Waals surface area contributed by atoms with Gasteiger partial charge in [0.05, 0.1) is 5.69 Å². The molecule has 1 aliphatic heterocycles. The van der Waals surface area contributed by atoms with Gasteiger partial charge in [0, 0.05) is 50.0 Å². The molecule has 0 spiro atoms. The van der Waals surface area contributed by atoms with E-state index in [-0.39, 0.29) is 12.5 Å². The number of aliphatic imine (C=N–C) groups is 1. The molecule has 1 aromatic rings. The lowest BCUT2D eigenvalue weighted by Crippen LogP contribution is -2.45. The van der Waals surface area contributed by atoms with Crippen molar-refractivity contribution in [1.29, 1.82) is 0 Å². The van der Waals surface area contributed by atoms with Crippen LogP contribution in [0, 0.1) is 0 Å². The van der Waals surface area contributed by atoms with Crippen molar-refractivity contribution in [3.63, 3.8) is 0 Å². The maximum atomic E-state index is 11.8. The minimum Gasteiger partial charge on any atom is -0.368 e.